The van der Waals surface area contributed by atoms with Gasteiger partial charge in [0, 0.05) is 14.1 Å². The fraction of sp³-hybridized carbons (Fsp3) is 0.500. The Labute approximate surface area is 91.7 Å². The molecule has 0 radical (unpaired) electrons. The third-order valence-electron chi connectivity index (χ3n) is 2.72. The summed E-state index contributed by atoms with van der Waals surface area (Å²) in [5, 5.41) is 4.05. The van der Waals surface area contributed by atoms with Crippen molar-refractivity contribution in [3.63, 3.8) is 0 Å². The molecule has 86 valence electrons. The third-order valence-corrected chi connectivity index (χ3v) is 2.72. The number of aromatic nitrogens is 4. The van der Waals surface area contributed by atoms with E-state index in [0.29, 0.717) is 11.0 Å². The zero-order valence-corrected chi connectivity index (χ0v) is 9.76. The van der Waals surface area contributed by atoms with Gasteiger partial charge in [-0.1, -0.05) is 0 Å². The van der Waals surface area contributed by atoms with Gasteiger partial charge >= 0.3 is 5.69 Å². The van der Waals surface area contributed by atoms with E-state index in [2.05, 4.69) is 5.10 Å². The van der Waals surface area contributed by atoms with Gasteiger partial charge in [-0.25, -0.2) is 9.48 Å². The smallest absolute Gasteiger partial charge is 0.293 e. The van der Waals surface area contributed by atoms with Crippen LogP contribution in [0.4, 0.5) is 0 Å². The average Bonchev–Trinajstić information content (AvgIpc) is 2.44. The zero-order chi connectivity index (χ0) is 12.0. The molecule has 0 spiro atoms. The summed E-state index contributed by atoms with van der Waals surface area (Å²) in [6.07, 6.45) is 1.55. The summed E-state index contributed by atoms with van der Waals surface area (Å²) in [6.45, 7) is 3.75. The fourth-order valence-electron chi connectivity index (χ4n) is 1.80. The van der Waals surface area contributed by atoms with Gasteiger partial charge < -0.3 is 0 Å². The SMILES string of the molecule is CC(C)n1ncc2c(c1=O)n(C)c(=O)n2C. The number of hydrogen-bond donors (Lipinski definition) is 0. The van der Waals surface area contributed by atoms with Crippen LogP contribution < -0.4 is 11.2 Å². The van der Waals surface area contributed by atoms with E-state index >= 15 is 0 Å². The minimum atomic E-state index is -0.229. The second kappa shape index (κ2) is 3.33. The molecule has 16 heavy (non-hydrogen) atoms. The van der Waals surface area contributed by atoms with Crippen LogP contribution >= 0.6 is 0 Å². The molecule has 2 rings (SSSR count). The number of hydrogen-bond acceptors (Lipinski definition) is 3. The summed E-state index contributed by atoms with van der Waals surface area (Å²) in [4.78, 5) is 23.8. The summed E-state index contributed by atoms with van der Waals surface area (Å²) in [6, 6.07) is -0.0211. The largest absolute Gasteiger partial charge is 0.328 e. The lowest BCUT2D eigenvalue weighted by Gasteiger charge is -2.07. The van der Waals surface area contributed by atoms with Crippen LogP contribution in [0, 0.1) is 0 Å². The monoisotopic (exact) mass is 222 g/mol. The Hall–Kier alpha value is -1.85. The molecule has 6 heteroatoms. The topological polar surface area (TPSA) is 61.8 Å². The van der Waals surface area contributed by atoms with Gasteiger partial charge in [-0.3, -0.25) is 13.9 Å². The van der Waals surface area contributed by atoms with Crippen molar-refractivity contribution in [2.24, 2.45) is 14.1 Å². The first-order valence-electron chi connectivity index (χ1n) is 5.08. The molecular weight excluding hydrogens is 208 g/mol. The highest BCUT2D eigenvalue weighted by Crippen LogP contribution is 2.06. The predicted octanol–water partition coefficient (Wildman–Crippen LogP) is 0.0146. The number of nitrogens with zero attached hydrogens (tertiary/aromatic N) is 4. The first kappa shape index (κ1) is 10.7. The van der Waals surface area contributed by atoms with Gasteiger partial charge in [-0.2, -0.15) is 5.10 Å². The van der Waals surface area contributed by atoms with E-state index in [1.807, 2.05) is 13.8 Å². The molecule has 0 aliphatic rings. The molecule has 0 fully saturated rings. The maximum Gasteiger partial charge on any atom is 0.328 e. The van der Waals surface area contributed by atoms with Crippen LogP contribution in [-0.4, -0.2) is 18.9 Å². The van der Waals surface area contributed by atoms with Crippen LogP contribution in [0.25, 0.3) is 11.0 Å². The molecule has 0 aliphatic carbocycles. The molecule has 0 aliphatic heterocycles. The van der Waals surface area contributed by atoms with Crippen molar-refractivity contribution in [3.05, 3.63) is 27.0 Å². The first-order valence-corrected chi connectivity index (χ1v) is 5.08. The number of aryl methyl sites for hydroxylation is 2. The number of imidazole rings is 1. The molecule has 0 aromatic carbocycles. The highest BCUT2D eigenvalue weighted by Gasteiger charge is 2.14. The van der Waals surface area contributed by atoms with E-state index in [-0.39, 0.29) is 17.3 Å². The number of rotatable bonds is 1. The normalized spacial score (nSPS) is 11.6. The number of fused-ring (bicyclic) bond motifs is 1. The summed E-state index contributed by atoms with van der Waals surface area (Å²) in [7, 11) is 3.22. The Bertz CT molecular complexity index is 660. The van der Waals surface area contributed by atoms with Gasteiger partial charge in [0.25, 0.3) is 5.56 Å². The Morgan fingerprint density at radius 1 is 1.19 bits per heavy atom. The van der Waals surface area contributed by atoms with Crippen LogP contribution in [0.2, 0.25) is 0 Å². The van der Waals surface area contributed by atoms with E-state index in [0.717, 1.165) is 0 Å². The molecule has 0 N–H and O–H groups in total. The Kier molecular flexibility index (Phi) is 2.22. The van der Waals surface area contributed by atoms with Crippen molar-refractivity contribution >= 4 is 11.0 Å². The van der Waals surface area contributed by atoms with E-state index in [1.165, 1.54) is 13.8 Å². The summed E-state index contributed by atoms with van der Waals surface area (Å²) < 4.78 is 4.16. The lowest BCUT2D eigenvalue weighted by molar-refractivity contribution is 0.505. The highest BCUT2D eigenvalue weighted by molar-refractivity contribution is 5.73. The van der Waals surface area contributed by atoms with Crippen LogP contribution in [0.1, 0.15) is 19.9 Å². The fourth-order valence-corrected chi connectivity index (χ4v) is 1.80. The van der Waals surface area contributed by atoms with E-state index in [9.17, 15) is 9.59 Å². The molecule has 2 aromatic rings. The zero-order valence-electron chi connectivity index (χ0n) is 9.76. The van der Waals surface area contributed by atoms with Gasteiger partial charge in [0.05, 0.1) is 17.8 Å². The minimum absolute atomic E-state index is 0.0211. The lowest BCUT2D eigenvalue weighted by atomic mass is 10.4. The Balaban J connectivity index is 3.02. The van der Waals surface area contributed by atoms with Gasteiger partial charge in [0.1, 0.15) is 5.52 Å². The van der Waals surface area contributed by atoms with Crippen LogP contribution in [-0.2, 0) is 14.1 Å². The van der Waals surface area contributed by atoms with E-state index in [4.69, 9.17) is 0 Å². The molecule has 0 bridgehead atoms. The Morgan fingerprint density at radius 3 is 2.38 bits per heavy atom. The van der Waals surface area contributed by atoms with E-state index < -0.39 is 0 Å². The quantitative estimate of drug-likeness (QED) is 0.683. The van der Waals surface area contributed by atoms with Crippen LogP contribution in [0.3, 0.4) is 0 Å². The maximum atomic E-state index is 12.1. The Morgan fingerprint density at radius 2 is 1.81 bits per heavy atom. The maximum absolute atomic E-state index is 12.1. The third kappa shape index (κ3) is 1.22. The summed E-state index contributed by atoms with van der Waals surface area (Å²) >= 11 is 0. The lowest BCUT2D eigenvalue weighted by Crippen LogP contribution is -2.26. The van der Waals surface area contributed by atoms with Crippen molar-refractivity contribution in [3.8, 4) is 0 Å². The van der Waals surface area contributed by atoms with Crippen molar-refractivity contribution in [1.29, 1.82) is 0 Å². The molecule has 0 atom stereocenters. The van der Waals surface area contributed by atoms with Gasteiger partial charge in [-0.05, 0) is 13.8 Å². The van der Waals surface area contributed by atoms with Crippen molar-refractivity contribution < 1.29 is 0 Å². The molecular formula is C10H14N4O2. The van der Waals surface area contributed by atoms with Gasteiger partial charge in [0.2, 0.25) is 0 Å². The van der Waals surface area contributed by atoms with Crippen LogP contribution in [0.5, 0.6) is 0 Å². The van der Waals surface area contributed by atoms with Gasteiger partial charge in [0.15, 0.2) is 0 Å². The summed E-state index contributed by atoms with van der Waals surface area (Å²) in [5.41, 5.74) is 0.522. The first-order chi connectivity index (χ1) is 7.45. The molecule has 2 aromatic heterocycles. The second-order valence-electron chi connectivity index (χ2n) is 4.12. The average molecular weight is 222 g/mol. The standard InChI is InChI=1S/C10H14N4O2/c1-6(2)14-9(15)8-7(5-11-14)12(3)10(16)13(8)4/h5-6H,1-4H3. The van der Waals surface area contributed by atoms with Crippen molar-refractivity contribution in [2.45, 2.75) is 19.9 Å². The molecule has 0 saturated heterocycles. The van der Waals surface area contributed by atoms with E-state index in [1.54, 1.807) is 20.3 Å². The second-order valence-corrected chi connectivity index (χ2v) is 4.12. The molecule has 0 saturated carbocycles. The molecule has 6 nitrogen and oxygen atoms in total. The predicted molar refractivity (Wildman–Crippen MR) is 60.6 cm³/mol. The van der Waals surface area contributed by atoms with Crippen molar-refractivity contribution in [1.82, 2.24) is 18.9 Å². The minimum Gasteiger partial charge on any atom is -0.293 e. The highest BCUT2D eigenvalue weighted by atomic mass is 16.2. The molecule has 0 amide bonds. The molecule has 2 heterocycles. The van der Waals surface area contributed by atoms with Crippen LogP contribution in [0.15, 0.2) is 15.8 Å². The molecule has 0 unspecified atom stereocenters. The summed E-state index contributed by atoms with van der Waals surface area (Å²) in [5.74, 6) is 0. The van der Waals surface area contributed by atoms with Crippen molar-refractivity contribution in [2.75, 3.05) is 0 Å². The van der Waals surface area contributed by atoms with Gasteiger partial charge in [-0.15, -0.1) is 0 Å².